The van der Waals surface area contributed by atoms with Crippen molar-refractivity contribution < 1.29 is 9.90 Å². The number of phenols is 1. The van der Waals surface area contributed by atoms with Gasteiger partial charge in [0.15, 0.2) is 0 Å². The van der Waals surface area contributed by atoms with Crippen molar-refractivity contribution in [1.29, 1.82) is 0 Å². The summed E-state index contributed by atoms with van der Waals surface area (Å²) in [5, 5.41) is 9.33. The zero-order valence-corrected chi connectivity index (χ0v) is 10.6. The van der Waals surface area contributed by atoms with E-state index in [4.69, 9.17) is 5.73 Å². The molecule has 0 bridgehead atoms. The first-order valence-electron chi connectivity index (χ1n) is 5.59. The second kappa shape index (κ2) is 5.19. The number of rotatable bonds is 4. The summed E-state index contributed by atoms with van der Waals surface area (Å²) < 4.78 is 0. The number of phenolic OH excluding ortho intramolecular Hbond substituents is 1. The van der Waals surface area contributed by atoms with Crippen molar-refractivity contribution in [3.8, 4) is 5.75 Å². The molecule has 3 N–H and O–H groups in total. The maximum atomic E-state index is 11.8. The highest BCUT2D eigenvalue weighted by Gasteiger charge is 2.19. The lowest BCUT2D eigenvalue weighted by atomic mass is 10.0. The van der Waals surface area contributed by atoms with Crippen LogP contribution in [0.2, 0.25) is 0 Å². The van der Waals surface area contributed by atoms with Crippen LogP contribution in [0.4, 0.5) is 0 Å². The van der Waals surface area contributed by atoms with Crippen molar-refractivity contribution in [2.75, 3.05) is 7.05 Å². The van der Waals surface area contributed by atoms with Crippen molar-refractivity contribution in [2.45, 2.75) is 32.4 Å². The lowest BCUT2D eigenvalue weighted by Gasteiger charge is -2.23. The molecule has 0 fully saturated rings. The lowest BCUT2D eigenvalue weighted by Crippen LogP contribution is -2.39. The van der Waals surface area contributed by atoms with Crippen LogP contribution in [0.15, 0.2) is 24.3 Å². The van der Waals surface area contributed by atoms with Gasteiger partial charge in [0.25, 0.3) is 0 Å². The summed E-state index contributed by atoms with van der Waals surface area (Å²) >= 11 is 0. The van der Waals surface area contributed by atoms with Crippen LogP contribution in [0.5, 0.6) is 5.75 Å². The first-order chi connectivity index (χ1) is 7.78. The minimum atomic E-state index is -0.496. The van der Waals surface area contributed by atoms with E-state index in [2.05, 4.69) is 0 Å². The van der Waals surface area contributed by atoms with Crippen LogP contribution in [0.3, 0.4) is 0 Å². The van der Waals surface area contributed by atoms with Gasteiger partial charge in [-0.3, -0.25) is 4.79 Å². The minimum Gasteiger partial charge on any atom is -0.508 e. The molecule has 1 amide bonds. The van der Waals surface area contributed by atoms with Gasteiger partial charge in [0, 0.05) is 25.6 Å². The van der Waals surface area contributed by atoms with Crippen molar-refractivity contribution >= 4 is 5.91 Å². The van der Waals surface area contributed by atoms with Gasteiger partial charge in [-0.05, 0) is 31.5 Å². The number of carbonyl (C=O) groups is 1. The van der Waals surface area contributed by atoms with E-state index in [-0.39, 0.29) is 11.7 Å². The largest absolute Gasteiger partial charge is 0.508 e. The third-order valence-electron chi connectivity index (χ3n) is 2.36. The van der Waals surface area contributed by atoms with Crippen LogP contribution in [-0.2, 0) is 11.3 Å². The average molecular weight is 236 g/mol. The first kappa shape index (κ1) is 13.5. The molecule has 0 saturated carbocycles. The van der Waals surface area contributed by atoms with Crippen molar-refractivity contribution in [1.82, 2.24) is 4.90 Å². The Morgan fingerprint density at radius 1 is 1.47 bits per heavy atom. The number of benzene rings is 1. The van der Waals surface area contributed by atoms with E-state index in [0.29, 0.717) is 13.0 Å². The van der Waals surface area contributed by atoms with Crippen LogP contribution >= 0.6 is 0 Å². The molecule has 0 aliphatic heterocycles. The molecule has 0 spiro atoms. The van der Waals surface area contributed by atoms with E-state index in [1.807, 2.05) is 19.9 Å². The fourth-order valence-electron chi connectivity index (χ4n) is 1.54. The molecular formula is C13H20N2O2. The molecule has 0 radical (unpaired) electrons. The lowest BCUT2D eigenvalue weighted by molar-refractivity contribution is -0.131. The monoisotopic (exact) mass is 236 g/mol. The highest BCUT2D eigenvalue weighted by molar-refractivity contribution is 5.77. The highest BCUT2D eigenvalue weighted by Crippen LogP contribution is 2.14. The summed E-state index contributed by atoms with van der Waals surface area (Å²) in [7, 11) is 1.73. The van der Waals surface area contributed by atoms with Crippen LogP contribution in [-0.4, -0.2) is 28.5 Å². The van der Waals surface area contributed by atoms with Crippen LogP contribution < -0.4 is 5.73 Å². The molecule has 0 atom stereocenters. The molecule has 0 aromatic heterocycles. The van der Waals surface area contributed by atoms with Gasteiger partial charge in [-0.25, -0.2) is 0 Å². The van der Waals surface area contributed by atoms with E-state index < -0.39 is 5.54 Å². The predicted octanol–water partition coefficient (Wildman–Crippen LogP) is 1.48. The maximum Gasteiger partial charge on any atom is 0.224 e. The zero-order valence-electron chi connectivity index (χ0n) is 10.6. The molecule has 4 nitrogen and oxygen atoms in total. The predicted molar refractivity (Wildman–Crippen MR) is 67.5 cm³/mol. The van der Waals surface area contributed by atoms with Gasteiger partial charge in [-0.1, -0.05) is 12.1 Å². The molecule has 0 aliphatic rings. The molecule has 1 rings (SSSR count). The number of hydrogen-bond donors (Lipinski definition) is 2. The van der Waals surface area contributed by atoms with Crippen molar-refractivity contribution in [3.63, 3.8) is 0 Å². The standard InChI is InChI=1S/C13H20N2O2/c1-13(2,14)8-12(17)15(3)9-10-5-4-6-11(16)7-10/h4-7,16H,8-9,14H2,1-3H3. The van der Waals surface area contributed by atoms with Gasteiger partial charge in [-0.2, -0.15) is 0 Å². The highest BCUT2D eigenvalue weighted by atomic mass is 16.3. The van der Waals surface area contributed by atoms with Gasteiger partial charge in [0.2, 0.25) is 5.91 Å². The Hall–Kier alpha value is -1.55. The van der Waals surface area contributed by atoms with E-state index >= 15 is 0 Å². The summed E-state index contributed by atoms with van der Waals surface area (Å²) in [6.07, 6.45) is 0.308. The van der Waals surface area contributed by atoms with Gasteiger partial charge in [0.1, 0.15) is 5.75 Å². The number of nitrogens with zero attached hydrogens (tertiary/aromatic N) is 1. The third kappa shape index (κ3) is 4.87. The van der Waals surface area contributed by atoms with Gasteiger partial charge < -0.3 is 15.7 Å². The quantitative estimate of drug-likeness (QED) is 0.832. The molecular weight excluding hydrogens is 216 g/mol. The number of aromatic hydroxyl groups is 1. The fraction of sp³-hybridized carbons (Fsp3) is 0.462. The Labute approximate surface area is 102 Å². The summed E-state index contributed by atoms with van der Waals surface area (Å²) in [4.78, 5) is 13.4. The second-order valence-corrected chi connectivity index (χ2v) is 5.09. The number of nitrogens with two attached hydrogens (primary N) is 1. The normalized spacial score (nSPS) is 11.3. The Morgan fingerprint density at radius 3 is 2.65 bits per heavy atom. The Bertz CT molecular complexity index is 397. The number of carbonyl (C=O) groups excluding carboxylic acids is 1. The molecule has 0 heterocycles. The maximum absolute atomic E-state index is 11.8. The van der Waals surface area contributed by atoms with Gasteiger partial charge >= 0.3 is 0 Å². The Balaban J connectivity index is 2.60. The van der Waals surface area contributed by atoms with E-state index in [1.165, 1.54) is 0 Å². The van der Waals surface area contributed by atoms with Gasteiger partial charge in [-0.15, -0.1) is 0 Å². The molecule has 17 heavy (non-hydrogen) atoms. The Morgan fingerprint density at radius 2 is 2.12 bits per heavy atom. The third-order valence-corrected chi connectivity index (χ3v) is 2.36. The van der Waals surface area contributed by atoms with Crippen LogP contribution in [0, 0.1) is 0 Å². The van der Waals surface area contributed by atoms with Gasteiger partial charge in [0.05, 0.1) is 0 Å². The fourth-order valence-corrected chi connectivity index (χ4v) is 1.54. The Kier molecular flexibility index (Phi) is 4.12. The molecule has 1 aromatic carbocycles. The van der Waals surface area contributed by atoms with Crippen LogP contribution in [0.1, 0.15) is 25.8 Å². The molecule has 4 heteroatoms. The molecule has 0 aliphatic carbocycles. The molecule has 1 aromatic rings. The summed E-state index contributed by atoms with van der Waals surface area (Å²) in [6, 6.07) is 6.89. The topological polar surface area (TPSA) is 66.6 Å². The summed E-state index contributed by atoms with van der Waals surface area (Å²) in [5.74, 6) is 0.211. The smallest absolute Gasteiger partial charge is 0.224 e. The van der Waals surface area contributed by atoms with E-state index in [1.54, 1.807) is 30.1 Å². The SMILES string of the molecule is CN(Cc1cccc(O)c1)C(=O)CC(C)(C)N. The minimum absolute atomic E-state index is 0.000780. The number of hydrogen-bond acceptors (Lipinski definition) is 3. The first-order valence-corrected chi connectivity index (χ1v) is 5.59. The molecule has 0 unspecified atom stereocenters. The molecule has 94 valence electrons. The number of amides is 1. The van der Waals surface area contributed by atoms with Crippen molar-refractivity contribution in [3.05, 3.63) is 29.8 Å². The van der Waals surface area contributed by atoms with E-state index in [9.17, 15) is 9.90 Å². The van der Waals surface area contributed by atoms with Crippen molar-refractivity contribution in [2.24, 2.45) is 5.73 Å². The zero-order chi connectivity index (χ0) is 13.1. The molecule has 0 saturated heterocycles. The average Bonchev–Trinajstić information content (AvgIpc) is 2.14. The van der Waals surface area contributed by atoms with E-state index in [0.717, 1.165) is 5.56 Å². The summed E-state index contributed by atoms with van der Waals surface area (Å²) in [6.45, 7) is 4.13. The second-order valence-electron chi connectivity index (χ2n) is 5.09. The summed E-state index contributed by atoms with van der Waals surface area (Å²) in [5.41, 5.74) is 6.21. The van der Waals surface area contributed by atoms with Crippen LogP contribution in [0.25, 0.3) is 0 Å².